The minimum atomic E-state index is -3.20. The molecule has 1 aliphatic carbocycles. The van der Waals surface area contributed by atoms with Crippen LogP contribution in [0.15, 0.2) is 18.2 Å². The van der Waals surface area contributed by atoms with E-state index in [2.05, 4.69) is 9.62 Å². The molecule has 2 N–H and O–H groups in total. The quantitative estimate of drug-likeness (QED) is 0.585. The predicted octanol–water partition coefficient (Wildman–Crippen LogP) is 3.52. The highest BCUT2D eigenvalue weighted by atomic mass is 35.5. The molecule has 0 spiro atoms. The van der Waals surface area contributed by atoms with Crippen molar-refractivity contribution in [2.75, 3.05) is 25.4 Å². The Hall–Kier alpha value is -0.860. The molecule has 29 heavy (non-hydrogen) atoms. The summed E-state index contributed by atoms with van der Waals surface area (Å²) >= 11 is 12.0. The van der Waals surface area contributed by atoms with Crippen LogP contribution < -0.4 is 4.72 Å². The van der Waals surface area contributed by atoms with Gasteiger partial charge < -0.3 is 10.0 Å². The molecule has 0 bridgehead atoms. The maximum Gasteiger partial charge on any atom is 0.313 e. The number of carboxylic acids is 1. The van der Waals surface area contributed by atoms with Crippen molar-refractivity contribution in [3.8, 4) is 0 Å². The molecule has 3 rings (SSSR count). The fourth-order valence-electron chi connectivity index (χ4n) is 3.77. The standard InChI is InChI=1S/C20H28Cl2N2O4S/c1-20(19(25)26,15-4-5-17(21)18(22)12-15)8-11-24-9-6-16(7-10-24)23-29(27,28)13-14-2-3-14/h4-5,12,14,16,23H,2-3,6-11,13H2,1H3,(H,25,26). The number of sulfonamides is 1. The third kappa shape index (κ3) is 6.07. The summed E-state index contributed by atoms with van der Waals surface area (Å²) in [5.41, 5.74) is -0.446. The summed E-state index contributed by atoms with van der Waals surface area (Å²) in [6.07, 6.45) is 3.93. The topological polar surface area (TPSA) is 86.7 Å². The molecule has 162 valence electrons. The maximum atomic E-state index is 12.2. The first-order valence-electron chi connectivity index (χ1n) is 10.0. The number of aliphatic carboxylic acids is 1. The third-order valence-electron chi connectivity index (χ3n) is 6.04. The lowest BCUT2D eigenvalue weighted by molar-refractivity contribution is -0.143. The van der Waals surface area contributed by atoms with Crippen molar-refractivity contribution in [3.63, 3.8) is 0 Å². The lowest BCUT2D eigenvalue weighted by Gasteiger charge is -2.34. The van der Waals surface area contributed by atoms with Crippen molar-refractivity contribution >= 4 is 39.2 Å². The monoisotopic (exact) mass is 462 g/mol. The van der Waals surface area contributed by atoms with E-state index in [1.165, 1.54) is 0 Å². The van der Waals surface area contributed by atoms with E-state index in [4.69, 9.17) is 23.2 Å². The number of benzene rings is 1. The second kappa shape index (κ2) is 9.10. The molecule has 9 heteroatoms. The molecular formula is C20H28Cl2N2O4S. The summed E-state index contributed by atoms with van der Waals surface area (Å²) in [5.74, 6) is -0.324. The normalized spacial score (nSPS) is 21.1. The summed E-state index contributed by atoms with van der Waals surface area (Å²) in [6.45, 7) is 3.81. The maximum absolute atomic E-state index is 12.2. The molecule has 2 aliphatic rings. The summed E-state index contributed by atoms with van der Waals surface area (Å²) in [6, 6.07) is 4.93. The van der Waals surface area contributed by atoms with Crippen molar-refractivity contribution in [1.29, 1.82) is 0 Å². The molecule has 0 radical (unpaired) electrons. The van der Waals surface area contributed by atoms with E-state index in [0.717, 1.165) is 38.8 Å². The Morgan fingerprint density at radius 2 is 1.86 bits per heavy atom. The van der Waals surface area contributed by atoms with Crippen molar-refractivity contribution in [2.24, 2.45) is 5.92 Å². The average Bonchev–Trinajstić information content (AvgIpc) is 3.45. The van der Waals surface area contributed by atoms with Gasteiger partial charge in [0.1, 0.15) is 0 Å². The number of nitrogens with zero attached hydrogens (tertiary/aromatic N) is 1. The minimum absolute atomic E-state index is 0.0315. The summed E-state index contributed by atoms with van der Waals surface area (Å²) in [7, 11) is -3.20. The lowest BCUT2D eigenvalue weighted by atomic mass is 9.79. The van der Waals surface area contributed by atoms with Gasteiger partial charge in [0.2, 0.25) is 10.0 Å². The van der Waals surface area contributed by atoms with Gasteiger partial charge in [0.25, 0.3) is 0 Å². The molecule has 1 saturated carbocycles. The molecule has 1 saturated heterocycles. The highest BCUT2D eigenvalue weighted by Gasteiger charge is 2.36. The van der Waals surface area contributed by atoms with E-state index >= 15 is 0 Å². The van der Waals surface area contributed by atoms with Gasteiger partial charge in [-0.25, -0.2) is 13.1 Å². The fraction of sp³-hybridized carbons (Fsp3) is 0.650. The Balaban J connectivity index is 1.53. The summed E-state index contributed by atoms with van der Waals surface area (Å²) < 4.78 is 27.2. The number of hydrogen-bond acceptors (Lipinski definition) is 4. The van der Waals surface area contributed by atoms with E-state index < -0.39 is 21.4 Å². The minimum Gasteiger partial charge on any atom is -0.481 e. The largest absolute Gasteiger partial charge is 0.481 e. The van der Waals surface area contributed by atoms with Gasteiger partial charge in [-0.15, -0.1) is 0 Å². The van der Waals surface area contributed by atoms with Crippen LogP contribution in [0.5, 0.6) is 0 Å². The SMILES string of the molecule is CC(CCN1CCC(NS(=O)(=O)CC2CC2)CC1)(C(=O)O)c1ccc(Cl)c(Cl)c1. The Morgan fingerprint density at radius 3 is 2.41 bits per heavy atom. The van der Waals surface area contributed by atoms with Crippen LogP contribution in [0.25, 0.3) is 0 Å². The van der Waals surface area contributed by atoms with E-state index in [-0.39, 0.29) is 11.8 Å². The van der Waals surface area contributed by atoms with Gasteiger partial charge in [-0.05, 0) is 82.3 Å². The second-order valence-corrected chi connectivity index (χ2v) is 11.1. The molecule has 1 aromatic rings. The van der Waals surface area contributed by atoms with E-state index in [1.54, 1.807) is 25.1 Å². The third-order valence-corrected chi connectivity index (χ3v) is 8.38. The van der Waals surface area contributed by atoms with Gasteiger partial charge in [0, 0.05) is 6.04 Å². The second-order valence-electron chi connectivity index (χ2n) is 8.47. The van der Waals surface area contributed by atoms with E-state index in [0.29, 0.717) is 34.5 Å². The van der Waals surface area contributed by atoms with Crippen LogP contribution >= 0.6 is 23.2 Å². The number of rotatable bonds is 9. The Kier molecular flexibility index (Phi) is 7.16. The van der Waals surface area contributed by atoms with Crippen LogP contribution in [-0.2, 0) is 20.2 Å². The zero-order valence-corrected chi connectivity index (χ0v) is 18.9. The number of likely N-dealkylation sites (tertiary alicyclic amines) is 1. The Bertz CT molecular complexity index is 852. The van der Waals surface area contributed by atoms with Crippen LogP contribution in [0.1, 0.15) is 44.6 Å². The molecule has 1 atom stereocenters. The first-order chi connectivity index (χ1) is 13.6. The molecule has 1 aliphatic heterocycles. The van der Waals surface area contributed by atoms with Crippen molar-refractivity contribution in [1.82, 2.24) is 9.62 Å². The zero-order valence-electron chi connectivity index (χ0n) is 16.5. The number of nitrogens with one attached hydrogen (secondary N) is 1. The van der Waals surface area contributed by atoms with Crippen LogP contribution in [0.2, 0.25) is 10.0 Å². The first-order valence-corrected chi connectivity index (χ1v) is 12.4. The van der Waals surface area contributed by atoms with Crippen LogP contribution in [-0.4, -0.2) is 55.8 Å². The molecular weight excluding hydrogens is 435 g/mol. The molecule has 2 fully saturated rings. The number of halogens is 2. The molecule has 6 nitrogen and oxygen atoms in total. The van der Waals surface area contributed by atoms with Gasteiger partial charge >= 0.3 is 5.97 Å². The van der Waals surface area contributed by atoms with Gasteiger partial charge in [-0.1, -0.05) is 29.3 Å². The van der Waals surface area contributed by atoms with Crippen LogP contribution in [0.3, 0.4) is 0 Å². The fourth-order valence-corrected chi connectivity index (χ4v) is 5.86. The van der Waals surface area contributed by atoms with Crippen molar-refractivity contribution < 1.29 is 18.3 Å². The van der Waals surface area contributed by atoms with Crippen molar-refractivity contribution in [2.45, 2.75) is 50.5 Å². The Labute approximate surface area is 182 Å². The molecule has 0 amide bonds. The highest BCUT2D eigenvalue weighted by molar-refractivity contribution is 7.89. The van der Waals surface area contributed by atoms with Gasteiger partial charge in [0.15, 0.2) is 0 Å². The van der Waals surface area contributed by atoms with Gasteiger partial charge in [-0.2, -0.15) is 0 Å². The number of hydrogen-bond donors (Lipinski definition) is 2. The van der Waals surface area contributed by atoms with E-state index in [9.17, 15) is 18.3 Å². The predicted molar refractivity (Wildman–Crippen MR) is 115 cm³/mol. The van der Waals surface area contributed by atoms with Gasteiger partial charge in [-0.3, -0.25) is 4.79 Å². The zero-order chi connectivity index (χ0) is 21.2. The average molecular weight is 463 g/mol. The lowest BCUT2D eigenvalue weighted by Crippen LogP contribution is -2.46. The molecule has 1 aromatic carbocycles. The van der Waals surface area contributed by atoms with Crippen LogP contribution in [0.4, 0.5) is 0 Å². The van der Waals surface area contributed by atoms with Crippen LogP contribution in [0, 0.1) is 5.92 Å². The number of piperidine rings is 1. The summed E-state index contributed by atoms with van der Waals surface area (Å²) in [5, 5.41) is 10.6. The molecule has 0 aromatic heterocycles. The smallest absolute Gasteiger partial charge is 0.313 e. The molecule has 1 unspecified atom stereocenters. The highest BCUT2D eigenvalue weighted by Crippen LogP contribution is 2.33. The van der Waals surface area contributed by atoms with E-state index in [1.807, 2.05) is 0 Å². The molecule has 1 heterocycles. The number of carbonyl (C=O) groups is 1. The summed E-state index contributed by atoms with van der Waals surface area (Å²) in [4.78, 5) is 14.2. The van der Waals surface area contributed by atoms with Gasteiger partial charge in [0.05, 0.1) is 21.2 Å². The van der Waals surface area contributed by atoms with Crippen molar-refractivity contribution in [3.05, 3.63) is 33.8 Å². The number of carboxylic acid groups (broad SMARTS) is 1. The Morgan fingerprint density at radius 1 is 1.21 bits per heavy atom. The first kappa shape index (κ1) is 22.8.